The number of sulfonamides is 1. The van der Waals surface area contributed by atoms with Crippen LogP contribution < -0.4 is 10.9 Å². The highest BCUT2D eigenvalue weighted by Gasteiger charge is 2.27. The molecule has 0 unspecified atom stereocenters. The molecule has 8 nitrogen and oxygen atoms in total. The van der Waals surface area contributed by atoms with Gasteiger partial charge in [0.25, 0.3) is 11.5 Å². The fourth-order valence-electron chi connectivity index (χ4n) is 3.51. The van der Waals surface area contributed by atoms with E-state index in [4.69, 9.17) is 0 Å². The maximum absolute atomic E-state index is 13.2. The van der Waals surface area contributed by atoms with E-state index in [0.29, 0.717) is 37.3 Å². The minimum atomic E-state index is -3.64. The molecule has 30 heavy (non-hydrogen) atoms. The van der Waals surface area contributed by atoms with Gasteiger partial charge in [0.1, 0.15) is 5.69 Å². The molecule has 0 radical (unpaired) electrons. The van der Waals surface area contributed by atoms with Gasteiger partial charge in [-0.05, 0) is 49.9 Å². The van der Waals surface area contributed by atoms with Crippen LogP contribution in [0.25, 0.3) is 0 Å². The van der Waals surface area contributed by atoms with Gasteiger partial charge in [0.2, 0.25) is 10.0 Å². The summed E-state index contributed by atoms with van der Waals surface area (Å²) in [6, 6.07) is 7.52. The lowest BCUT2D eigenvalue weighted by atomic mass is 10.2. The molecule has 0 spiro atoms. The van der Waals surface area contributed by atoms with Crippen LogP contribution in [0.1, 0.15) is 55.1 Å². The molecule has 2 aromatic rings. The van der Waals surface area contributed by atoms with Crippen molar-refractivity contribution in [1.82, 2.24) is 14.1 Å². The quantitative estimate of drug-likeness (QED) is 0.756. The molecule has 2 heterocycles. The molecular formula is C21H28N4O4S. The molecule has 1 amide bonds. The molecule has 162 valence electrons. The zero-order valence-corrected chi connectivity index (χ0v) is 18.2. The van der Waals surface area contributed by atoms with Gasteiger partial charge in [-0.1, -0.05) is 25.8 Å². The first-order chi connectivity index (χ1) is 14.3. The molecule has 0 atom stereocenters. The summed E-state index contributed by atoms with van der Waals surface area (Å²) in [6.07, 6.45) is 4.50. The Bertz CT molecular complexity index is 1070. The number of nitrogens with one attached hydrogen (secondary N) is 1. The van der Waals surface area contributed by atoms with Crippen LogP contribution in [0.15, 0.2) is 40.0 Å². The fraction of sp³-hybridized carbons (Fsp3) is 0.476. The van der Waals surface area contributed by atoms with E-state index >= 15 is 0 Å². The average Bonchev–Trinajstić information content (AvgIpc) is 3.01. The molecule has 1 aliphatic rings. The molecule has 1 N–H and O–H groups in total. The van der Waals surface area contributed by atoms with Crippen molar-refractivity contribution >= 4 is 21.6 Å². The first kappa shape index (κ1) is 22.2. The van der Waals surface area contributed by atoms with E-state index in [0.717, 1.165) is 25.7 Å². The Kier molecular flexibility index (Phi) is 7.04. The molecule has 1 saturated heterocycles. The summed E-state index contributed by atoms with van der Waals surface area (Å²) >= 11 is 0. The molecular weight excluding hydrogens is 404 g/mol. The summed E-state index contributed by atoms with van der Waals surface area (Å²) in [6.45, 7) is 5.11. The molecule has 0 aliphatic carbocycles. The number of carbonyl (C=O) groups is 1. The van der Waals surface area contributed by atoms with Crippen molar-refractivity contribution in [2.75, 3.05) is 18.4 Å². The monoisotopic (exact) mass is 432 g/mol. The molecule has 1 fully saturated rings. The Hall–Kier alpha value is -2.52. The number of aromatic nitrogens is 2. The van der Waals surface area contributed by atoms with E-state index in [-0.39, 0.29) is 16.1 Å². The van der Waals surface area contributed by atoms with Gasteiger partial charge in [-0.3, -0.25) is 9.59 Å². The lowest BCUT2D eigenvalue weighted by Crippen LogP contribution is -2.32. The second-order valence-electron chi connectivity index (χ2n) is 7.53. The van der Waals surface area contributed by atoms with E-state index in [2.05, 4.69) is 10.4 Å². The Morgan fingerprint density at radius 1 is 1.10 bits per heavy atom. The molecule has 9 heteroatoms. The molecule has 1 aliphatic heterocycles. The number of hydrogen-bond donors (Lipinski definition) is 1. The van der Waals surface area contributed by atoms with E-state index in [9.17, 15) is 18.0 Å². The van der Waals surface area contributed by atoms with Crippen molar-refractivity contribution in [1.29, 1.82) is 0 Å². The van der Waals surface area contributed by atoms with Crippen LogP contribution in [0.2, 0.25) is 0 Å². The van der Waals surface area contributed by atoms with Crippen LogP contribution in [0.5, 0.6) is 0 Å². The molecule has 0 saturated carbocycles. The second kappa shape index (κ2) is 9.53. The van der Waals surface area contributed by atoms with Gasteiger partial charge in [-0.15, -0.1) is 0 Å². The van der Waals surface area contributed by atoms with Crippen LogP contribution in [0.4, 0.5) is 5.69 Å². The topological polar surface area (TPSA) is 101 Å². The number of rotatable bonds is 6. The predicted molar refractivity (Wildman–Crippen MR) is 115 cm³/mol. The van der Waals surface area contributed by atoms with Crippen molar-refractivity contribution in [2.45, 2.75) is 57.4 Å². The van der Waals surface area contributed by atoms with E-state index in [1.807, 2.05) is 6.92 Å². The molecule has 0 bridgehead atoms. The third-order valence-electron chi connectivity index (χ3n) is 5.16. The van der Waals surface area contributed by atoms with Gasteiger partial charge in [-0.25, -0.2) is 13.1 Å². The maximum Gasteiger partial charge on any atom is 0.276 e. The highest BCUT2D eigenvalue weighted by Crippen LogP contribution is 2.26. The van der Waals surface area contributed by atoms with Crippen LogP contribution in [-0.4, -0.2) is 41.5 Å². The summed E-state index contributed by atoms with van der Waals surface area (Å²) in [4.78, 5) is 24.6. The van der Waals surface area contributed by atoms with Crippen LogP contribution in [-0.2, 0) is 16.6 Å². The molecule has 1 aromatic heterocycles. The summed E-state index contributed by atoms with van der Waals surface area (Å²) in [5, 5.41) is 6.80. The molecule has 3 rings (SSSR count). The number of benzene rings is 1. The van der Waals surface area contributed by atoms with Crippen LogP contribution in [0, 0.1) is 6.92 Å². The lowest BCUT2D eigenvalue weighted by molar-refractivity contribution is 0.101. The van der Waals surface area contributed by atoms with E-state index < -0.39 is 15.9 Å². The second-order valence-corrected chi connectivity index (χ2v) is 9.44. The largest absolute Gasteiger partial charge is 0.321 e. The Labute approximate surface area is 177 Å². The number of aryl methyl sites for hydroxylation is 2. The molecule has 1 aromatic carbocycles. The highest BCUT2D eigenvalue weighted by molar-refractivity contribution is 7.89. The highest BCUT2D eigenvalue weighted by atomic mass is 32.2. The van der Waals surface area contributed by atoms with Crippen molar-refractivity contribution in [3.63, 3.8) is 0 Å². The smallest absolute Gasteiger partial charge is 0.276 e. The first-order valence-corrected chi connectivity index (χ1v) is 11.8. The Morgan fingerprint density at radius 3 is 2.47 bits per heavy atom. The zero-order chi connectivity index (χ0) is 21.7. The summed E-state index contributed by atoms with van der Waals surface area (Å²) in [5.41, 5.74) is 0.830. The Morgan fingerprint density at radius 2 is 1.80 bits per heavy atom. The van der Waals surface area contributed by atoms with Crippen LogP contribution >= 0.6 is 0 Å². The Balaban J connectivity index is 1.85. The van der Waals surface area contributed by atoms with E-state index in [1.54, 1.807) is 19.1 Å². The predicted octanol–water partition coefficient (Wildman–Crippen LogP) is 2.78. The summed E-state index contributed by atoms with van der Waals surface area (Å²) < 4.78 is 29.2. The van der Waals surface area contributed by atoms with Gasteiger partial charge >= 0.3 is 0 Å². The van der Waals surface area contributed by atoms with Crippen LogP contribution in [0.3, 0.4) is 0 Å². The maximum atomic E-state index is 13.2. The van der Waals surface area contributed by atoms with Gasteiger partial charge < -0.3 is 5.32 Å². The third-order valence-corrected chi connectivity index (χ3v) is 7.20. The lowest BCUT2D eigenvalue weighted by Gasteiger charge is -2.21. The SMILES string of the molecule is CCCn1nc(C(=O)Nc2ccc(C)c(S(=O)(=O)N3CCCCCC3)c2)ccc1=O. The van der Waals surface area contributed by atoms with Gasteiger partial charge in [0.15, 0.2) is 0 Å². The van der Waals surface area contributed by atoms with Crippen molar-refractivity contribution in [3.8, 4) is 0 Å². The van der Waals surface area contributed by atoms with Gasteiger partial charge in [-0.2, -0.15) is 9.40 Å². The first-order valence-electron chi connectivity index (χ1n) is 10.3. The fourth-order valence-corrected chi connectivity index (χ4v) is 5.28. The number of hydrogen-bond acceptors (Lipinski definition) is 5. The number of anilines is 1. The van der Waals surface area contributed by atoms with E-state index in [1.165, 1.54) is 27.2 Å². The normalized spacial score (nSPS) is 15.5. The van der Waals surface area contributed by atoms with Crippen molar-refractivity contribution in [3.05, 3.63) is 51.9 Å². The summed E-state index contributed by atoms with van der Waals surface area (Å²) in [5.74, 6) is -0.498. The minimum Gasteiger partial charge on any atom is -0.321 e. The standard InChI is InChI=1S/C21H28N4O4S/c1-3-12-25-20(26)11-10-18(23-25)21(27)22-17-9-8-16(2)19(15-17)30(28,29)24-13-6-4-5-7-14-24/h8-11,15H,3-7,12-14H2,1-2H3,(H,22,27). The number of carbonyl (C=O) groups excluding carboxylic acids is 1. The zero-order valence-electron chi connectivity index (χ0n) is 17.4. The number of nitrogens with zero attached hydrogens (tertiary/aromatic N) is 3. The summed E-state index contributed by atoms with van der Waals surface area (Å²) in [7, 11) is -3.64. The minimum absolute atomic E-state index is 0.0977. The van der Waals surface area contributed by atoms with Crippen molar-refractivity contribution in [2.24, 2.45) is 0 Å². The van der Waals surface area contributed by atoms with Gasteiger partial charge in [0, 0.05) is 31.4 Å². The van der Waals surface area contributed by atoms with Gasteiger partial charge in [0.05, 0.1) is 4.90 Å². The third kappa shape index (κ3) is 4.96. The van der Waals surface area contributed by atoms with Crippen molar-refractivity contribution < 1.29 is 13.2 Å². The average molecular weight is 433 g/mol. The number of amides is 1.